The van der Waals surface area contributed by atoms with Gasteiger partial charge in [-0.25, -0.2) is 0 Å². The molecule has 1 aliphatic rings. The lowest BCUT2D eigenvalue weighted by atomic mass is 9.94. The van der Waals surface area contributed by atoms with Gasteiger partial charge in [0.25, 0.3) is 0 Å². The second-order valence-corrected chi connectivity index (χ2v) is 9.85. The summed E-state index contributed by atoms with van der Waals surface area (Å²) in [6.45, 7) is 4.22. The van der Waals surface area contributed by atoms with E-state index in [2.05, 4.69) is 17.6 Å². The van der Waals surface area contributed by atoms with Crippen molar-refractivity contribution in [2.24, 2.45) is 0 Å². The van der Waals surface area contributed by atoms with Crippen LogP contribution in [0.5, 0.6) is 0 Å². The molecule has 35 heavy (non-hydrogen) atoms. The fourth-order valence-electron chi connectivity index (χ4n) is 4.78. The summed E-state index contributed by atoms with van der Waals surface area (Å²) in [5.74, 6) is 0.0475. The van der Waals surface area contributed by atoms with Gasteiger partial charge in [-0.05, 0) is 43.0 Å². The van der Waals surface area contributed by atoms with E-state index in [-0.39, 0.29) is 24.4 Å². The molecular formula is C28H40ClN3O3. The van der Waals surface area contributed by atoms with E-state index in [0.29, 0.717) is 32.7 Å². The summed E-state index contributed by atoms with van der Waals surface area (Å²) in [5.41, 5.74) is 2.12. The molecular weight excluding hydrogens is 462 g/mol. The van der Waals surface area contributed by atoms with Gasteiger partial charge in [0.1, 0.15) is 0 Å². The maximum Gasteiger partial charge on any atom is 0.242 e. The monoisotopic (exact) mass is 501 g/mol. The third-order valence-corrected chi connectivity index (χ3v) is 7.25. The van der Waals surface area contributed by atoms with E-state index < -0.39 is 0 Å². The van der Waals surface area contributed by atoms with E-state index in [4.69, 9.17) is 16.3 Å². The quantitative estimate of drug-likeness (QED) is 0.363. The van der Waals surface area contributed by atoms with Gasteiger partial charge in [0.15, 0.2) is 0 Å². The molecule has 3 rings (SSSR count). The molecule has 192 valence electrons. The standard InChI is InChI=1S/C28H40ClN3O3/c1-3-4-16-27(33)31(18-19-35-2)22-28(34)32(24-12-6-5-7-13-24)21-25-14-10-17-30(25)20-23-11-8-9-15-26(23)29/h8-11,14-15,17,24H,3-7,12-13,16,18-22H2,1-2H3. The van der Waals surface area contributed by atoms with Gasteiger partial charge in [-0.15, -0.1) is 0 Å². The molecule has 0 radical (unpaired) electrons. The number of amides is 2. The highest BCUT2D eigenvalue weighted by atomic mass is 35.5. The highest BCUT2D eigenvalue weighted by Gasteiger charge is 2.28. The van der Waals surface area contributed by atoms with E-state index >= 15 is 0 Å². The van der Waals surface area contributed by atoms with Gasteiger partial charge < -0.3 is 19.1 Å². The molecule has 0 spiro atoms. The number of ether oxygens (including phenoxy) is 1. The Morgan fingerprint density at radius 3 is 2.57 bits per heavy atom. The third kappa shape index (κ3) is 8.11. The number of nitrogens with zero attached hydrogens (tertiary/aromatic N) is 3. The van der Waals surface area contributed by atoms with Gasteiger partial charge in [0, 0.05) is 49.6 Å². The second kappa shape index (κ2) is 14.3. The summed E-state index contributed by atoms with van der Waals surface area (Å²) in [6, 6.07) is 12.2. The van der Waals surface area contributed by atoms with E-state index in [9.17, 15) is 9.59 Å². The average molecular weight is 502 g/mol. The van der Waals surface area contributed by atoms with Crippen molar-refractivity contribution in [3.63, 3.8) is 0 Å². The van der Waals surface area contributed by atoms with Crippen LogP contribution < -0.4 is 0 Å². The highest BCUT2D eigenvalue weighted by Crippen LogP contribution is 2.25. The lowest BCUT2D eigenvalue weighted by Gasteiger charge is -2.36. The summed E-state index contributed by atoms with van der Waals surface area (Å²) in [4.78, 5) is 30.2. The first-order chi connectivity index (χ1) is 17.0. The van der Waals surface area contributed by atoms with Crippen molar-refractivity contribution in [3.05, 3.63) is 58.9 Å². The van der Waals surface area contributed by atoms with E-state index in [1.807, 2.05) is 41.4 Å². The summed E-state index contributed by atoms with van der Waals surface area (Å²) in [6.07, 6.45) is 9.82. The predicted octanol–water partition coefficient (Wildman–Crippen LogP) is 5.52. The average Bonchev–Trinajstić information content (AvgIpc) is 3.31. The minimum absolute atomic E-state index is 0.0170. The summed E-state index contributed by atoms with van der Waals surface area (Å²) < 4.78 is 7.39. The molecule has 1 saturated carbocycles. The third-order valence-electron chi connectivity index (χ3n) is 6.88. The van der Waals surface area contributed by atoms with Crippen LogP contribution in [-0.2, 0) is 27.4 Å². The Balaban J connectivity index is 1.78. The van der Waals surface area contributed by atoms with Gasteiger partial charge in [0.05, 0.1) is 19.7 Å². The van der Waals surface area contributed by atoms with Crippen LogP contribution in [0.3, 0.4) is 0 Å². The summed E-state index contributed by atoms with van der Waals surface area (Å²) in [7, 11) is 1.62. The molecule has 0 aliphatic heterocycles. The number of halogens is 1. The number of carbonyl (C=O) groups is 2. The van der Waals surface area contributed by atoms with Gasteiger partial charge in [-0.3, -0.25) is 9.59 Å². The van der Waals surface area contributed by atoms with Crippen molar-refractivity contribution < 1.29 is 14.3 Å². The van der Waals surface area contributed by atoms with E-state index in [1.54, 1.807) is 12.0 Å². The SMILES string of the molecule is CCCCC(=O)N(CCOC)CC(=O)N(Cc1cccn1Cc1ccccc1Cl)C1CCCCC1. The molecule has 6 nitrogen and oxygen atoms in total. The largest absolute Gasteiger partial charge is 0.383 e. The minimum atomic E-state index is 0.0170. The fraction of sp³-hybridized carbons (Fsp3) is 0.571. The topological polar surface area (TPSA) is 54.8 Å². The van der Waals surface area contributed by atoms with Crippen molar-refractivity contribution in [1.29, 1.82) is 0 Å². The van der Waals surface area contributed by atoms with Gasteiger partial charge in [0.2, 0.25) is 11.8 Å². The Hall–Kier alpha value is -2.31. The molecule has 1 aromatic carbocycles. The van der Waals surface area contributed by atoms with Crippen molar-refractivity contribution in [1.82, 2.24) is 14.4 Å². The molecule has 1 fully saturated rings. The lowest BCUT2D eigenvalue weighted by Crippen LogP contribution is -2.48. The number of methoxy groups -OCH3 is 1. The highest BCUT2D eigenvalue weighted by molar-refractivity contribution is 6.31. The van der Waals surface area contributed by atoms with Crippen LogP contribution in [-0.4, -0.2) is 59.0 Å². The van der Waals surface area contributed by atoms with Crippen LogP contribution in [0.15, 0.2) is 42.6 Å². The first-order valence-electron chi connectivity index (χ1n) is 13.0. The Bertz CT molecular complexity index is 939. The van der Waals surface area contributed by atoms with E-state index in [0.717, 1.165) is 54.8 Å². The van der Waals surface area contributed by atoms with Crippen LogP contribution in [0.25, 0.3) is 0 Å². The maximum absolute atomic E-state index is 13.7. The molecule has 1 aromatic heterocycles. The van der Waals surface area contributed by atoms with Crippen molar-refractivity contribution in [2.45, 2.75) is 77.4 Å². The number of hydrogen-bond acceptors (Lipinski definition) is 3. The summed E-state index contributed by atoms with van der Waals surface area (Å²) >= 11 is 6.41. The Morgan fingerprint density at radius 2 is 1.86 bits per heavy atom. The predicted molar refractivity (Wildman–Crippen MR) is 140 cm³/mol. The van der Waals surface area contributed by atoms with Crippen molar-refractivity contribution in [3.8, 4) is 0 Å². The summed E-state index contributed by atoms with van der Waals surface area (Å²) in [5, 5.41) is 0.742. The molecule has 2 amide bonds. The van der Waals surface area contributed by atoms with Gasteiger partial charge >= 0.3 is 0 Å². The Labute approximate surface area is 215 Å². The van der Waals surface area contributed by atoms with Crippen LogP contribution in [0, 0.1) is 0 Å². The zero-order valence-electron chi connectivity index (χ0n) is 21.3. The maximum atomic E-state index is 13.7. The number of benzene rings is 1. The first-order valence-corrected chi connectivity index (χ1v) is 13.3. The van der Waals surface area contributed by atoms with Gasteiger partial charge in [-0.1, -0.05) is 62.4 Å². The van der Waals surface area contributed by atoms with Crippen LogP contribution in [0.2, 0.25) is 5.02 Å². The molecule has 0 atom stereocenters. The molecule has 0 bridgehead atoms. The zero-order chi connectivity index (χ0) is 25.0. The van der Waals surface area contributed by atoms with Crippen LogP contribution >= 0.6 is 11.6 Å². The number of hydrogen-bond donors (Lipinski definition) is 0. The minimum Gasteiger partial charge on any atom is -0.383 e. The number of carbonyl (C=O) groups excluding carboxylic acids is 2. The Morgan fingerprint density at radius 1 is 1.09 bits per heavy atom. The second-order valence-electron chi connectivity index (χ2n) is 9.44. The van der Waals surface area contributed by atoms with Gasteiger partial charge in [-0.2, -0.15) is 0 Å². The van der Waals surface area contributed by atoms with Crippen molar-refractivity contribution in [2.75, 3.05) is 26.8 Å². The number of rotatable bonds is 13. The van der Waals surface area contributed by atoms with Crippen LogP contribution in [0.1, 0.15) is 69.5 Å². The van der Waals surface area contributed by atoms with Crippen LogP contribution in [0.4, 0.5) is 0 Å². The molecule has 1 aliphatic carbocycles. The smallest absolute Gasteiger partial charge is 0.242 e. The normalized spacial score (nSPS) is 14.1. The molecule has 1 heterocycles. The number of aromatic nitrogens is 1. The molecule has 0 N–H and O–H groups in total. The molecule has 2 aromatic rings. The first kappa shape index (κ1) is 27.3. The van der Waals surface area contributed by atoms with E-state index in [1.165, 1.54) is 6.42 Å². The molecule has 0 saturated heterocycles. The fourth-order valence-corrected chi connectivity index (χ4v) is 4.97. The zero-order valence-corrected chi connectivity index (χ0v) is 22.0. The van der Waals surface area contributed by atoms with Crippen molar-refractivity contribution >= 4 is 23.4 Å². The lowest BCUT2D eigenvalue weighted by molar-refractivity contribution is -0.143. The molecule has 0 unspecified atom stereocenters. The number of unbranched alkanes of at least 4 members (excludes halogenated alkanes) is 1. The Kier molecular flexibility index (Phi) is 11.1. The molecule has 7 heteroatoms.